The van der Waals surface area contributed by atoms with Gasteiger partial charge in [-0.05, 0) is 18.2 Å². The molecule has 0 aliphatic carbocycles. The second kappa shape index (κ2) is 7.30. The molecule has 3 heterocycles. The van der Waals surface area contributed by atoms with E-state index in [9.17, 15) is 18.5 Å². The van der Waals surface area contributed by atoms with Crippen LogP contribution in [-0.4, -0.2) is 58.1 Å². The molecule has 1 saturated heterocycles. The molecule has 3 aromatic rings. The van der Waals surface area contributed by atoms with Gasteiger partial charge in [-0.2, -0.15) is 4.31 Å². The lowest BCUT2D eigenvalue weighted by molar-refractivity contribution is -0.385. The molecule has 146 valence electrons. The van der Waals surface area contributed by atoms with E-state index in [1.165, 1.54) is 22.5 Å². The van der Waals surface area contributed by atoms with Crippen LogP contribution in [0.15, 0.2) is 59.8 Å². The van der Waals surface area contributed by atoms with Gasteiger partial charge in [0.25, 0.3) is 5.69 Å². The zero-order valence-electron chi connectivity index (χ0n) is 15.0. The molecule has 28 heavy (non-hydrogen) atoms. The lowest BCUT2D eigenvalue weighted by Crippen LogP contribution is -2.48. The van der Waals surface area contributed by atoms with Gasteiger partial charge in [0.15, 0.2) is 0 Å². The third kappa shape index (κ3) is 3.49. The molecule has 4 rings (SSSR count). The Morgan fingerprint density at radius 3 is 2.61 bits per heavy atom. The fourth-order valence-electron chi connectivity index (χ4n) is 3.37. The summed E-state index contributed by atoms with van der Waals surface area (Å²) in [7, 11) is -3.75. The van der Waals surface area contributed by atoms with Crippen LogP contribution in [0.5, 0.6) is 0 Å². The van der Waals surface area contributed by atoms with Crippen LogP contribution >= 0.6 is 0 Å². The van der Waals surface area contributed by atoms with E-state index >= 15 is 0 Å². The van der Waals surface area contributed by atoms with E-state index in [0.29, 0.717) is 32.7 Å². The molecule has 10 heteroatoms. The summed E-state index contributed by atoms with van der Waals surface area (Å²) >= 11 is 0. The SMILES string of the molecule is O=[N+]([O-])c1cccc(S(=O)(=O)N2CCN(Cc3cnc4ccccn34)CC2)c1. The van der Waals surface area contributed by atoms with Crippen LogP contribution in [0.25, 0.3) is 5.65 Å². The van der Waals surface area contributed by atoms with Crippen molar-refractivity contribution in [3.05, 3.63) is 70.7 Å². The van der Waals surface area contributed by atoms with Crippen molar-refractivity contribution in [1.29, 1.82) is 0 Å². The van der Waals surface area contributed by atoms with E-state index < -0.39 is 14.9 Å². The monoisotopic (exact) mass is 401 g/mol. The molecular weight excluding hydrogens is 382 g/mol. The molecule has 1 aromatic carbocycles. The van der Waals surface area contributed by atoms with Crippen LogP contribution in [0.3, 0.4) is 0 Å². The predicted molar refractivity (Wildman–Crippen MR) is 102 cm³/mol. The number of piperazine rings is 1. The maximum atomic E-state index is 12.8. The highest BCUT2D eigenvalue weighted by Gasteiger charge is 2.29. The molecule has 0 unspecified atom stereocenters. The Morgan fingerprint density at radius 2 is 1.86 bits per heavy atom. The van der Waals surface area contributed by atoms with Gasteiger partial charge in [0.05, 0.1) is 21.7 Å². The van der Waals surface area contributed by atoms with E-state index in [-0.39, 0.29) is 10.6 Å². The molecule has 2 aromatic heterocycles. The molecule has 0 radical (unpaired) electrons. The van der Waals surface area contributed by atoms with Gasteiger partial charge in [0, 0.05) is 51.1 Å². The molecule has 9 nitrogen and oxygen atoms in total. The van der Waals surface area contributed by atoms with Crippen molar-refractivity contribution < 1.29 is 13.3 Å². The van der Waals surface area contributed by atoms with E-state index in [0.717, 1.165) is 17.4 Å². The molecule has 0 bridgehead atoms. The lowest BCUT2D eigenvalue weighted by Gasteiger charge is -2.33. The average Bonchev–Trinajstić information content (AvgIpc) is 3.11. The van der Waals surface area contributed by atoms with Crippen molar-refractivity contribution in [3.63, 3.8) is 0 Å². The number of nitro benzene ring substituents is 1. The Hall–Kier alpha value is -2.82. The number of nitro groups is 1. The summed E-state index contributed by atoms with van der Waals surface area (Å²) in [5, 5.41) is 10.9. The van der Waals surface area contributed by atoms with Crippen molar-refractivity contribution in [2.75, 3.05) is 26.2 Å². The minimum absolute atomic E-state index is 0.0445. The van der Waals surface area contributed by atoms with Crippen LogP contribution in [0.1, 0.15) is 5.69 Å². The fraction of sp³-hybridized carbons (Fsp3) is 0.278. The molecule has 1 fully saturated rings. The van der Waals surface area contributed by atoms with Gasteiger partial charge >= 0.3 is 0 Å². The smallest absolute Gasteiger partial charge is 0.270 e. The van der Waals surface area contributed by atoms with Crippen molar-refractivity contribution in [2.24, 2.45) is 0 Å². The molecular formula is C18H19N5O4S. The highest BCUT2D eigenvalue weighted by Crippen LogP contribution is 2.22. The quantitative estimate of drug-likeness (QED) is 0.477. The standard InChI is InChI=1S/C18H19N5O4S/c24-23(25)15-4-3-5-17(12-15)28(26,27)21-10-8-20(9-11-21)14-16-13-19-18-6-1-2-7-22(16)18/h1-7,12-13H,8-11,14H2. The molecule has 1 aliphatic rings. The van der Waals surface area contributed by atoms with Crippen LogP contribution in [0.2, 0.25) is 0 Å². The van der Waals surface area contributed by atoms with E-state index in [2.05, 4.69) is 9.88 Å². The number of sulfonamides is 1. The van der Waals surface area contributed by atoms with Crippen LogP contribution in [0, 0.1) is 10.1 Å². The minimum Gasteiger partial charge on any atom is -0.303 e. The Kier molecular flexibility index (Phi) is 4.84. The number of fused-ring (bicyclic) bond motifs is 1. The van der Waals surface area contributed by atoms with Gasteiger partial charge in [-0.15, -0.1) is 0 Å². The first kappa shape index (κ1) is 18.5. The second-order valence-electron chi connectivity index (χ2n) is 6.61. The summed E-state index contributed by atoms with van der Waals surface area (Å²) in [6, 6.07) is 11.0. The predicted octanol–water partition coefficient (Wildman–Crippen LogP) is 1.75. The third-order valence-corrected chi connectivity index (χ3v) is 6.77. The largest absolute Gasteiger partial charge is 0.303 e. The molecule has 0 amide bonds. The number of non-ortho nitro benzene ring substituents is 1. The normalized spacial score (nSPS) is 16.4. The number of aromatic nitrogens is 2. The Balaban J connectivity index is 1.45. The van der Waals surface area contributed by atoms with Crippen LogP contribution in [-0.2, 0) is 16.6 Å². The average molecular weight is 401 g/mol. The van der Waals surface area contributed by atoms with Crippen molar-refractivity contribution in [3.8, 4) is 0 Å². The van der Waals surface area contributed by atoms with Crippen LogP contribution < -0.4 is 0 Å². The Labute approximate surface area is 162 Å². The highest BCUT2D eigenvalue weighted by atomic mass is 32.2. The van der Waals surface area contributed by atoms with E-state index in [1.807, 2.05) is 35.0 Å². The first-order chi connectivity index (χ1) is 13.4. The number of rotatable bonds is 5. The van der Waals surface area contributed by atoms with Gasteiger partial charge in [-0.25, -0.2) is 13.4 Å². The van der Waals surface area contributed by atoms with Crippen LogP contribution in [0.4, 0.5) is 5.69 Å². The molecule has 0 atom stereocenters. The van der Waals surface area contributed by atoms with Crippen molar-refractivity contribution in [1.82, 2.24) is 18.6 Å². The van der Waals surface area contributed by atoms with E-state index in [4.69, 9.17) is 0 Å². The lowest BCUT2D eigenvalue weighted by atomic mass is 10.3. The third-order valence-electron chi connectivity index (χ3n) is 4.88. The first-order valence-electron chi connectivity index (χ1n) is 8.83. The zero-order valence-corrected chi connectivity index (χ0v) is 15.8. The molecule has 1 aliphatic heterocycles. The summed E-state index contributed by atoms with van der Waals surface area (Å²) in [6.45, 7) is 2.50. The maximum absolute atomic E-state index is 12.8. The van der Waals surface area contributed by atoms with Gasteiger partial charge in [0.2, 0.25) is 10.0 Å². The molecule has 0 saturated carbocycles. The first-order valence-corrected chi connectivity index (χ1v) is 10.3. The number of imidazole rings is 1. The van der Waals surface area contributed by atoms with Gasteiger partial charge in [0.1, 0.15) is 5.65 Å². The molecule has 0 spiro atoms. The number of hydrogen-bond donors (Lipinski definition) is 0. The number of benzene rings is 1. The summed E-state index contributed by atoms with van der Waals surface area (Å²) in [6.07, 6.45) is 3.79. The maximum Gasteiger partial charge on any atom is 0.270 e. The van der Waals surface area contributed by atoms with Gasteiger partial charge in [-0.1, -0.05) is 12.1 Å². The number of nitrogens with zero attached hydrogens (tertiary/aromatic N) is 5. The fourth-order valence-corrected chi connectivity index (χ4v) is 4.83. The van der Waals surface area contributed by atoms with Gasteiger partial charge in [-0.3, -0.25) is 15.0 Å². The van der Waals surface area contributed by atoms with Crippen molar-refractivity contribution in [2.45, 2.75) is 11.4 Å². The summed E-state index contributed by atoms with van der Waals surface area (Å²) in [5.41, 5.74) is 1.70. The minimum atomic E-state index is -3.75. The molecule has 0 N–H and O–H groups in total. The van der Waals surface area contributed by atoms with Gasteiger partial charge < -0.3 is 4.40 Å². The number of hydrogen-bond acceptors (Lipinski definition) is 6. The second-order valence-corrected chi connectivity index (χ2v) is 8.55. The topological polar surface area (TPSA) is 101 Å². The highest BCUT2D eigenvalue weighted by molar-refractivity contribution is 7.89. The zero-order chi connectivity index (χ0) is 19.7. The summed E-state index contributed by atoms with van der Waals surface area (Å²) in [4.78, 5) is 16.8. The Morgan fingerprint density at radius 1 is 1.07 bits per heavy atom. The summed E-state index contributed by atoms with van der Waals surface area (Å²) < 4.78 is 29.1. The number of pyridine rings is 1. The summed E-state index contributed by atoms with van der Waals surface area (Å²) in [5.74, 6) is 0. The van der Waals surface area contributed by atoms with E-state index in [1.54, 1.807) is 0 Å². The Bertz CT molecular complexity index is 1120. The van der Waals surface area contributed by atoms with Crippen molar-refractivity contribution >= 4 is 21.4 Å².